The minimum atomic E-state index is 0.144. The Kier molecular flexibility index (Phi) is 5.38. The number of ether oxygens (including phenoxy) is 1. The van der Waals surface area contributed by atoms with E-state index in [0.29, 0.717) is 18.9 Å². The zero-order valence-corrected chi connectivity index (χ0v) is 15.2. The van der Waals surface area contributed by atoms with Crippen molar-refractivity contribution >= 4 is 5.91 Å². The Hall–Kier alpha value is -2.34. The number of methoxy groups -OCH3 is 1. The molecule has 2 aromatic rings. The molecule has 3 rings (SSSR count). The Morgan fingerprint density at radius 1 is 1.28 bits per heavy atom. The lowest BCUT2D eigenvalue weighted by Gasteiger charge is -2.26. The van der Waals surface area contributed by atoms with E-state index in [2.05, 4.69) is 28.5 Å². The molecule has 1 amide bonds. The summed E-state index contributed by atoms with van der Waals surface area (Å²) in [5.74, 6) is 2.30. The Morgan fingerprint density at radius 2 is 2.04 bits per heavy atom. The number of carbonyl (C=O) groups is 1. The van der Waals surface area contributed by atoms with Crippen molar-refractivity contribution in [2.24, 2.45) is 5.92 Å². The van der Waals surface area contributed by atoms with Gasteiger partial charge in [-0.15, -0.1) is 0 Å². The van der Waals surface area contributed by atoms with Gasteiger partial charge in [0.1, 0.15) is 11.6 Å². The van der Waals surface area contributed by atoms with Gasteiger partial charge in [-0.2, -0.15) is 0 Å². The molecule has 0 aliphatic carbocycles. The summed E-state index contributed by atoms with van der Waals surface area (Å²) in [7, 11) is 5.79. The number of fused-ring (bicyclic) bond motifs is 1. The first-order valence-corrected chi connectivity index (χ1v) is 8.60. The molecule has 1 atom stereocenters. The van der Waals surface area contributed by atoms with E-state index < -0.39 is 0 Å². The van der Waals surface area contributed by atoms with Gasteiger partial charge < -0.3 is 19.1 Å². The van der Waals surface area contributed by atoms with Crippen molar-refractivity contribution in [1.29, 1.82) is 0 Å². The fourth-order valence-corrected chi connectivity index (χ4v) is 3.39. The molecule has 1 unspecified atom stereocenters. The summed E-state index contributed by atoms with van der Waals surface area (Å²) in [4.78, 5) is 21.4. The fraction of sp³-hybridized carbons (Fsp3) is 0.474. The summed E-state index contributed by atoms with van der Waals surface area (Å²) in [6, 6.07) is 7.69. The Balaban J connectivity index is 1.73. The van der Waals surface area contributed by atoms with Crippen LogP contribution in [-0.4, -0.2) is 59.6 Å². The van der Waals surface area contributed by atoms with Crippen LogP contribution in [0.15, 0.2) is 36.7 Å². The molecule has 6 nitrogen and oxygen atoms in total. The van der Waals surface area contributed by atoms with E-state index in [1.54, 1.807) is 7.11 Å². The van der Waals surface area contributed by atoms with Crippen molar-refractivity contribution in [2.75, 3.05) is 34.3 Å². The molecule has 0 saturated carbocycles. The van der Waals surface area contributed by atoms with E-state index in [1.165, 1.54) is 0 Å². The van der Waals surface area contributed by atoms with Crippen LogP contribution in [0.2, 0.25) is 0 Å². The number of benzene rings is 1. The van der Waals surface area contributed by atoms with Gasteiger partial charge in [0.05, 0.1) is 20.1 Å². The maximum absolute atomic E-state index is 12.9. The zero-order chi connectivity index (χ0) is 17.8. The molecule has 2 heterocycles. The number of carbonyl (C=O) groups excluding carboxylic acids is 1. The third-order valence-electron chi connectivity index (χ3n) is 4.56. The minimum Gasteiger partial charge on any atom is -0.497 e. The predicted molar refractivity (Wildman–Crippen MR) is 96.4 cm³/mol. The second kappa shape index (κ2) is 7.70. The predicted octanol–water partition coefficient (Wildman–Crippen LogP) is 1.65. The van der Waals surface area contributed by atoms with Crippen LogP contribution in [0, 0.1) is 5.92 Å². The molecule has 1 aromatic heterocycles. The molecule has 1 aliphatic rings. The van der Waals surface area contributed by atoms with Gasteiger partial charge >= 0.3 is 0 Å². The molecule has 134 valence electrons. The molecule has 6 heteroatoms. The van der Waals surface area contributed by atoms with Crippen LogP contribution in [0.3, 0.4) is 0 Å². The van der Waals surface area contributed by atoms with Gasteiger partial charge in [0.15, 0.2) is 0 Å². The molecule has 0 fully saturated rings. The van der Waals surface area contributed by atoms with Crippen LogP contribution in [0.1, 0.15) is 11.4 Å². The van der Waals surface area contributed by atoms with Gasteiger partial charge in [0, 0.05) is 37.9 Å². The Morgan fingerprint density at radius 3 is 2.72 bits per heavy atom. The average molecular weight is 342 g/mol. The molecular formula is C19H26N4O2. The monoisotopic (exact) mass is 342 g/mol. The van der Waals surface area contributed by atoms with E-state index >= 15 is 0 Å². The highest BCUT2D eigenvalue weighted by atomic mass is 16.5. The summed E-state index contributed by atoms with van der Waals surface area (Å²) < 4.78 is 7.35. The number of rotatable bonds is 5. The third-order valence-corrected chi connectivity index (χ3v) is 4.56. The number of hydrogen-bond donors (Lipinski definition) is 0. The van der Waals surface area contributed by atoms with Gasteiger partial charge in [-0.3, -0.25) is 4.79 Å². The van der Waals surface area contributed by atoms with Crippen molar-refractivity contribution in [1.82, 2.24) is 19.4 Å². The van der Waals surface area contributed by atoms with E-state index in [9.17, 15) is 4.79 Å². The van der Waals surface area contributed by atoms with Gasteiger partial charge in [0.25, 0.3) is 0 Å². The van der Waals surface area contributed by atoms with Gasteiger partial charge in [-0.1, -0.05) is 12.1 Å². The van der Waals surface area contributed by atoms with E-state index in [-0.39, 0.29) is 5.91 Å². The Labute approximate surface area is 149 Å². The maximum atomic E-state index is 12.9. The first-order valence-electron chi connectivity index (χ1n) is 8.60. The molecule has 0 saturated heterocycles. The first-order chi connectivity index (χ1) is 12.0. The molecule has 0 bridgehead atoms. The molecule has 0 radical (unpaired) electrons. The largest absolute Gasteiger partial charge is 0.497 e. The quantitative estimate of drug-likeness (QED) is 0.829. The summed E-state index contributed by atoms with van der Waals surface area (Å²) in [6.07, 6.45) is 4.23. The van der Waals surface area contributed by atoms with Crippen molar-refractivity contribution in [3.8, 4) is 5.75 Å². The summed E-state index contributed by atoms with van der Waals surface area (Å²) in [6.45, 7) is 3.19. The van der Waals surface area contributed by atoms with E-state index in [4.69, 9.17) is 4.74 Å². The van der Waals surface area contributed by atoms with Crippen LogP contribution >= 0.6 is 0 Å². The first kappa shape index (κ1) is 17.5. The van der Waals surface area contributed by atoms with Crippen LogP contribution in [0.5, 0.6) is 5.75 Å². The molecule has 1 aliphatic heterocycles. The van der Waals surface area contributed by atoms with Crippen LogP contribution in [0.25, 0.3) is 0 Å². The van der Waals surface area contributed by atoms with Gasteiger partial charge in [0.2, 0.25) is 5.91 Å². The lowest BCUT2D eigenvalue weighted by Crippen LogP contribution is -2.38. The number of nitrogens with zero attached hydrogens (tertiary/aromatic N) is 4. The highest BCUT2D eigenvalue weighted by Crippen LogP contribution is 2.18. The molecule has 0 spiro atoms. The lowest BCUT2D eigenvalue weighted by atomic mass is 10.1. The maximum Gasteiger partial charge on any atom is 0.227 e. The highest BCUT2D eigenvalue weighted by Gasteiger charge is 2.26. The second-order valence-electron chi connectivity index (χ2n) is 6.92. The van der Waals surface area contributed by atoms with Crippen LogP contribution < -0.4 is 4.74 Å². The summed E-state index contributed by atoms with van der Waals surface area (Å²) in [5, 5.41) is 0. The third kappa shape index (κ3) is 4.39. The highest BCUT2D eigenvalue weighted by molar-refractivity contribution is 5.78. The summed E-state index contributed by atoms with van der Waals surface area (Å²) in [5.41, 5.74) is 1.00. The van der Waals surface area contributed by atoms with Gasteiger partial charge in [-0.25, -0.2) is 4.98 Å². The smallest absolute Gasteiger partial charge is 0.227 e. The van der Waals surface area contributed by atoms with Crippen molar-refractivity contribution < 1.29 is 9.53 Å². The lowest BCUT2D eigenvalue weighted by molar-refractivity contribution is -0.131. The normalized spacial score (nSPS) is 17.3. The van der Waals surface area contributed by atoms with Crippen molar-refractivity contribution in [3.05, 3.63) is 48.0 Å². The van der Waals surface area contributed by atoms with Crippen molar-refractivity contribution in [2.45, 2.75) is 19.5 Å². The average Bonchev–Trinajstić information content (AvgIpc) is 2.93. The second-order valence-corrected chi connectivity index (χ2v) is 6.92. The summed E-state index contributed by atoms with van der Waals surface area (Å²) >= 11 is 0. The van der Waals surface area contributed by atoms with E-state index in [1.807, 2.05) is 41.6 Å². The van der Waals surface area contributed by atoms with Crippen molar-refractivity contribution in [3.63, 3.8) is 0 Å². The molecule has 25 heavy (non-hydrogen) atoms. The van der Waals surface area contributed by atoms with Crippen LogP contribution in [-0.2, 0) is 24.3 Å². The topological polar surface area (TPSA) is 50.6 Å². The van der Waals surface area contributed by atoms with Crippen LogP contribution in [0.4, 0.5) is 0 Å². The zero-order valence-electron chi connectivity index (χ0n) is 15.2. The molecule has 0 N–H and O–H groups in total. The number of amides is 1. The Bertz CT molecular complexity index is 708. The van der Waals surface area contributed by atoms with Gasteiger partial charge in [-0.05, 0) is 31.8 Å². The number of hydrogen-bond acceptors (Lipinski definition) is 4. The fourth-order valence-electron chi connectivity index (χ4n) is 3.39. The number of aromatic nitrogens is 2. The van der Waals surface area contributed by atoms with E-state index in [0.717, 1.165) is 36.8 Å². The molecular weight excluding hydrogens is 316 g/mol. The number of imidazole rings is 1. The minimum absolute atomic E-state index is 0.144. The standard InChI is InChI=1S/C19H26N4O2/c1-21(2)11-16-12-22-9-8-20-18(22)14-23(13-16)19(24)10-15-4-6-17(25-3)7-5-15/h4-9,16H,10-14H2,1-3H3. The SMILES string of the molecule is COc1ccc(CC(=O)N2Cc3nccn3CC(CN(C)C)C2)cc1. The molecule has 1 aromatic carbocycles.